The Morgan fingerprint density at radius 1 is 1.52 bits per heavy atom. The minimum absolute atomic E-state index is 0.244. The average Bonchev–Trinajstić information content (AvgIpc) is 2.46. The van der Waals surface area contributed by atoms with Gasteiger partial charge in [0.1, 0.15) is 5.56 Å². The summed E-state index contributed by atoms with van der Waals surface area (Å²) >= 11 is 0. The summed E-state index contributed by atoms with van der Waals surface area (Å²) < 4.78 is 0. The molecule has 1 unspecified atom stereocenters. The number of benzene rings is 1. The van der Waals surface area contributed by atoms with Gasteiger partial charge in [0, 0.05) is 24.3 Å². The molecule has 0 spiro atoms. The van der Waals surface area contributed by atoms with Crippen molar-refractivity contribution >= 4 is 17.3 Å². The second-order valence-electron chi connectivity index (χ2n) is 5.65. The van der Waals surface area contributed by atoms with Crippen molar-refractivity contribution < 1.29 is 14.8 Å². The normalized spacial score (nSPS) is 22.1. The van der Waals surface area contributed by atoms with Gasteiger partial charge in [0.15, 0.2) is 0 Å². The van der Waals surface area contributed by atoms with E-state index in [2.05, 4.69) is 18.7 Å². The summed E-state index contributed by atoms with van der Waals surface area (Å²) in [6, 6.07) is 4.74. The van der Waals surface area contributed by atoms with Crippen LogP contribution in [0.15, 0.2) is 18.2 Å². The molecular weight excluding hydrogens is 272 g/mol. The lowest BCUT2D eigenvalue weighted by molar-refractivity contribution is -0.385. The molecule has 1 heterocycles. The van der Waals surface area contributed by atoms with Gasteiger partial charge in [-0.3, -0.25) is 10.1 Å². The molecule has 6 nitrogen and oxygen atoms in total. The Morgan fingerprint density at radius 2 is 2.24 bits per heavy atom. The summed E-state index contributed by atoms with van der Waals surface area (Å²) in [7, 11) is 0. The van der Waals surface area contributed by atoms with Crippen molar-refractivity contribution in [1.29, 1.82) is 0 Å². The second-order valence-corrected chi connectivity index (χ2v) is 5.65. The quantitative estimate of drug-likeness (QED) is 0.680. The lowest BCUT2D eigenvalue weighted by atomic mass is 9.90. The molecule has 1 aliphatic heterocycles. The number of hydrogen-bond donors (Lipinski definition) is 1. The van der Waals surface area contributed by atoms with E-state index < -0.39 is 10.9 Å². The van der Waals surface area contributed by atoms with E-state index in [0.29, 0.717) is 12.0 Å². The maximum atomic E-state index is 11.2. The van der Waals surface area contributed by atoms with E-state index in [9.17, 15) is 20.0 Å². The number of carboxylic acid groups (broad SMARTS) is 1. The molecule has 1 N–H and O–H groups in total. The van der Waals surface area contributed by atoms with E-state index in [1.165, 1.54) is 12.1 Å². The molecule has 6 heteroatoms. The molecular formula is C15H20N2O4. The number of carbonyl (C=O) groups is 1. The van der Waals surface area contributed by atoms with Crippen LogP contribution in [0.3, 0.4) is 0 Å². The number of nitro groups is 1. The van der Waals surface area contributed by atoms with Crippen LogP contribution in [-0.2, 0) is 0 Å². The molecule has 1 aliphatic rings. The first-order valence-electron chi connectivity index (χ1n) is 7.22. The molecule has 0 radical (unpaired) electrons. The third kappa shape index (κ3) is 3.15. The maximum Gasteiger partial charge on any atom is 0.342 e. The van der Waals surface area contributed by atoms with Crippen molar-refractivity contribution in [3.8, 4) is 0 Å². The van der Waals surface area contributed by atoms with Gasteiger partial charge < -0.3 is 10.0 Å². The first kappa shape index (κ1) is 15.3. The molecule has 0 bridgehead atoms. The van der Waals surface area contributed by atoms with Crippen molar-refractivity contribution in [3.05, 3.63) is 33.9 Å². The predicted molar refractivity (Wildman–Crippen MR) is 79.9 cm³/mol. The molecule has 0 aliphatic carbocycles. The second kappa shape index (κ2) is 6.11. The fourth-order valence-corrected chi connectivity index (χ4v) is 3.01. The highest BCUT2D eigenvalue weighted by atomic mass is 16.6. The van der Waals surface area contributed by atoms with Gasteiger partial charge in [-0.25, -0.2) is 4.79 Å². The molecule has 0 amide bonds. The summed E-state index contributed by atoms with van der Waals surface area (Å²) in [5, 5.41) is 20.1. The summed E-state index contributed by atoms with van der Waals surface area (Å²) in [4.78, 5) is 23.7. The number of rotatable bonds is 4. The first-order valence-corrected chi connectivity index (χ1v) is 7.22. The number of hydrogen-bond acceptors (Lipinski definition) is 4. The third-order valence-corrected chi connectivity index (χ3v) is 4.19. The maximum absolute atomic E-state index is 11.2. The molecule has 114 valence electrons. The lowest BCUT2D eigenvalue weighted by Gasteiger charge is -2.40. The molecule has 1 fully saturated rings. The zero-order valence-corrected chi connectivity index (χ0v) is 12.3. The largest absolute Gasteiger partial charge is 0.477 e. The van der Waals surface area contributed by atoms with Crippen molar-refractivity contribution in [1.82, 2.24) is 0 Å². The topological polar surface area (TPSA) is 83.7 Å². The third-order valence-electron chi connectivity index (χ3n) is 4.19. The summed E-state index contributed by atoms with van der Waals surface area (Å²) in [6.07, 6.45) is 3.09. The summed E-state index contributed by atoms with van der Waals surface area (Å²) in [5.41, 5.74) is 0.160. The molecule has 2 atom stereocenters. The van der Waals surface area contributed by atoms with Gasteiger partial charge in [0.2, 0.25) is 0 Å². The van der Waals surface area contributed by atoms with E-state index >= 15 is 0 Å². The summed E-state index contributed by atoms with van der Waals surface area (Å²) in [5.74, 6) is -0.606. The van der Waals surface area contributed by atoms with Crippen LogP contribution in [0.1, 0.15) is 43.5 Å². The highest BCUT2D eigenvalue weighted by Gasteiger charge is 2.27. The van der Waals surface area contributed by atoms with E-state index in [1.54, 1.807) is 6.07 Å². The zero-order valence-electron chi connectivity index (χ0n) is 12.3. The number of anilines is 1. The molecule has 1 aromatic carbocycles. The first-order chi connectivity index (χ1) is 9.93. The van der Waals surface area contributed by atoms with E-state index in [0.717, 1.165) is 31.5 Å². The van der Waals surface area contributed by atoms with Crippen molar-refractivity contribution in [3.63, 3.8) is 0 Å². The predicted octanol–water partition coefficient (Wildman–Crippen LogP) is 3.31. The summed E-state index contributed by atoms with van der Waals surface area (Å²) in [6.45, 7) is 5.19. The lowest BCUT2D eigenvalue weighted by Crippen LogP contribution is -2.41. The molecule has 1 saturated heterocycles. The van der Waals surface area contributed by atoms with Crippen LogP contribution >= 0.6 is 0 Å². The Hall–Kier alpha value is -2.11. The van der Waals surface area contributed by atoms with Crippen molar-refractivity contribution in [2.75, 3.05) is 11.4 Å². The average molecular weight is 292 g/mol. The highest BCUT2D eigenvalue weighted by molar-refractivity contribution is 5.93. The van der Waals surface area contributed by atoms with Crippen LogP contribution < -0.4 is 4.90 Å². The van der Waals surface area contributed by atoms with Gasteiger partial charge in [-0.2, -0.15) is 0 Å². The minimum atomic E-state index is -1.26. The van der Waals surface area contributed by atoms with Gasteiger partial charge in [0.25, 0.3) is 5.69 Å². The monoisotopic (exact) mass is 292 g/mol. The van der Waals surface area contributed by atoms with Crippen molar-refractivity contribution in [2.24, 2.45) is 5.92 Å². The molecule has 2 rings (SSSR count). The SMILES string of the molecule is CC[C@H]1CC(C)CCN1c1ccc([N+](=O)[O-])c(C(=O)O)c1. The van der Waals surface area contributed by atoms with Crippen LogP contribution in [0.4, 0.5) is 11.4 Å². The Bertz CT molecular complexity index is 559. The Kier molecular flexibility index (Phi) is 4.45. The van der Waals surface area contributed by atoms with E-state index in [4.69, 9.17) is 0 Å². The molecule has 21 heavy (non-hydrogen) atoms. The van der Waals surface area contributed by atoms with Gasteiger partial charge in [-0.1, -0.05) is 13.8 Å². The van der Waals surface area contributed by atoms with Crippen LogP contribution in [0.5, 0.6) is 0 Å². The van der Waals surface area contributed by atoms with E-state index in [1.807, 2.05) is 0 Å². The number of nitro benzene ring substituents is 1. The Labute approximate surface area is 123 Å². The Balaban J connectivity index is 2.38. The highest BCUT2D eigenvalue weighted by Crippen LogP contribution is 2.32. The molecule has 1 aromatic rings. The number of carboxylic acids is 1. The fraction of sp³-hybridized carbons (Fsp3) is 0.533. The zero-order chi connectivity index (χ0) is 15.6. The van der Waals surface area contributed by atoms with E-state index in [-0.39, 0.29) is 11.3 Å². The molecule has 0 aromatic heterocycles. The van der Waals surface area contributed by atoms with Crippen molar-refractivity contribution in [2.45, 2.75) is 39.2 Å². The van der Waals surface area contributed by atoms with Crippen LogP contribution in [0.25, 0.3) is 0 Å². The number of piperidine rings is 1. The van der Waals surface area contributed by atoms with Crippen LogP contribution in [0.2, 0.25) is 0 Å². The smallest absolute Gasteiger partial charge is 0.342 e. The number of nitrogens with zero attached hydrogens (tertiary/aromatic N) is 2. The Morgan fingerprint density at radius 3 is 2.81 bits per heavy atom. The standard InChI is InChI=1S/C15H20N2O4/c1-3-11-8-10(2)6-7-16(11)12-4-5-14(17(20)21)13(9-12)15(18)19/h4-5,9-11H,3,6-8H2,1-2H3,(H,18,19)/t10?,11-/m0/s1. The van der Waals surface area contributed by atoms with Gasteiger partial charge >= 0.3 is 5.97 Å². The van der Waals surface area contributed by atoms with Crippen LogP contribution in [-0.4, -0.2) is 28.6 Å². The number of aromatic carboxylic acids is 1. The van der Waals surface area contributed by atoms with Crippen LogP contribution in [0, 0.1) is 16.0 Å². The fourth-order valence-electron chi connectivity index (χ4n) is 3.01. The molecule has 0 saturated carbocycles. The van der Waals surface area contributed by atoms with Gasteiger partial charge in [0.05, 0.1) is 4.92 Å². The van der Waals surface area contributed by atoms with Gasteiger partial charge in [-0.15, -0.1) is 0 Å². The minimum Gasteiger partial charge on any atom is -0.477 e. The van der Waals surface area contributed by atoms with Gasteiger partial charge in [-0.05, 0) is 37.3 Å².